The molecule has 27 heavy (non-hydrogen) atoms. The lowest BCUT2D eigenvalue weighted by atomic mass is 10.0. The third kappa shape index (κ3) is 6.18. The molecule has 2 aromatic rings. The molecule has 140 valence electrons. The van der Waals surface area contributed by atoms with E-state index in [0.29, 0.717) is 5.41 Å². The number of nitrogens with one attached hydrogen (secondary N) is 1. The first kappa shape index (κ1) is 19.0. The van der Waals surface area contributed by atoms with Crippen LogP contribution >= 0.6 is 0 Å². The minimum Gasteiger partial charge on any atom is -0.493 e. The average Bonchev–Trinajstić information content (AvgIpc) is 3.37. The van der Waals surface area contributed by atoms with Crippen LogP contribution in [0.5, 0.6) is 5.75 Å². The molecule has 0 bridgehead atoms. The molecule has 3 heteroatoms. The zero-order valence-corrected chi connectivity index (χ0v) is 16.3. The van der Waals surface area contributed by atoms with Gasteiger partial charge in [0.25, 0.3) is 0 Å². The van der Waals surface area contributed by atoms with Crippen LogP contribution in [0, 0.1) is 17.3 Å². The Labute approximate surface area is 162 Å². The van der Waals surface area contributed by atoms with Crippen LogP contribution in [0.15, 0.2) is 48.5 Å². The molecular formula is C24H27NO2. The van der Waals surface area contributed by atoms with Crippen LogP contribution < -0.4 is 10.1 Å². The second kappa shape index (κ2) is 8.31. The van der Waals surface area contributed by atoms with E-state index < -0.39 is 0 Å². The van der Waals surface area contributed by atoms with Crippen molar-refractivity contribution in [3.63, 3.8) is 0 Å². The topological polar surface area (TPSA) is 38.3 Å². The lowest BCUT2D eigenvalue weighted by Gasteiger charge is -2.12. The van der Waals surface area contributed by atoms with E-state index in [9.17, 15) is 4.79 Å². The third-order valence-corrected chi connectivity index (χ3v) is 4.84. The van der Waals surface area contributed by atoms with Crippen LogP contribution in [-0.2, 0) is 11.2 Å². The Morgan fingerprint density at radius 1 is 1.07 bits per heavy atom. The fourth-order valence-electron chi connectivity index (χ4n) is 2.87. The summed E-state index contributed by atoms with van der Waals surface area (Å²) in [6, 6.07) is 16.3. The van der Waals surface area contributed by atoms with Crippen LogP contribution in [0.2, 0.25) is 0 Å². The van der Waals surface area contributed by atoms with Gasteiger partial charge in [0.05, 0.1) is 6.61 Å². The van der Waals surface area contributed by atoms with Crippen LogP contribution in [0.1, 0.15) is 50.3 Å². The van der Waals surface area contributed by atoms with Crippen molar-refractivity contribution in [1.82, 2.24) is 5.32 Å². The zero-order valence-electron chi connectivity index (χ0n) is 16.3. The minimum absolute atomic E-state index is 0.00291. The van der Waals surface area contributed by atoms with Gasteiger partial charge in [0.15, 0.2) is 0 Å². The zero-order chi connectivity index (χ0) is 19.3. The molecule has 0 saturated heterocycles. The van der Waals surface area contributed by atoms with Gasteiger partial charge in [0.1, 0.15) is 5.75 Å². The standard InChI is InChI=1S/C24H27NO2/c1-18(25-19(2)26)16-22-8-6-20(7-9-22)4-5-21-10-12-23(13-11-21)27-17-24(3)14-15-24/h6-13,18H,14-17H2,1-3H3,(H,25,26). The van der Waals surface area contributed by atoms with Crippen LogP contribution in [-0.4, -0.2) is 18.6 Å². The predicted molar refractivity (Wildman–Crippen MR) is 109 cm³/mol. The van der Waals surface area contributed by atoms with Gasteiger partial charge in [-0.3, -0.25) is 4.79 Å². The Balaban J connectivity index is 1.54. The fraction of sp³-hybridized carbons (Fsp3) is 0.375. The van der Waals surface area contributed by atoms with Gasteiger partial charge in [-0.1, -0.05) is 30.9 Å². The van der Waals surface area contributed by atoms with Crippen LogP contribution in [0.4, 0.5) is 0 Å². The first-order chi connectivity index (χ1) is 12.9. The highest BCUT2D eigenvalue weighted by molar-refractivity contribution is 5.73. The normalized spacial score (nSPS) is 15.2. The molecule has 1 aliphatic carbocycles. The molecule has 1 atom stereocenters. The highest BCUT2D eigenvalue weighted by Gasteiger charge is 2.38. The van der Waals surface area contributed by atoms with Crippen molar-refractivity contribution in [2.75, 3.05) is 6.61 Å². The largest absolute Gasteiger partial charge is 0.493 e. The quantitative estimate of drug-likeness (QED) is 0.778. The van der Waals surface area contributed by atoms with E-state index >= 15 is 0 Å². The summed E-state index contributed by atoms with van der Waals surface area (Å²) in [7, 11) is 0. The van der Waals surface area contributed by atoms with Crippen molar-refractivity contribution in [3.05, 3.63) is 65.2 Å². The van der Waals surface area contributed by atoms with Crippen molar-refractivity contribution in [3.8, 4) is 17.6 Å². The summed E-state index contributed by atoms with van der Waals surface area (Å²) in [5.41, 5.74) is 3.54. The van der Waals surface area contributed by atoms with E-state index in [1.807, 2.05) is 43.3 Å². The molecule has 1 N–H and O–H groups in total. The van der Waals surface area contributed by atoms with Gasteiger partial charge in [0, 0.05) is 29.5 Å². The molecule has 0 aliphatic heterocycles. The number of rotatable bonds is 6. The molecule has 1 fully saturated rings. The van der Waals surface area contributed by atoms with E-state index in [1.54, 1.807) is 6.92 Å². The second-order valence-corrected chi connectivity index (χ2v) is 7.88. The summed E-state index contributed by atoms with van der Waals surface area (Å²) in [4.78, 5) is 11.1. The summed E-state index contributed by atoms with van der Waals surface area (Å²) >= 11 is 0. The maximum atomic E-state index is 11.1. The van der Waals surface area contributed by atoms with Crippen molar-refractivity contribution in [1.29, 1.82) is 0 Å². The van der Waals surface area contributed by atoms with E-state index in [0.717, 1.165) is 29.9 Å². The number of hydrogen-bond acceptors (Lipinski definition) is 2. The maximum absolute atomic E-state index is 11.1. The Morgan fingerprint density at radius 3 is 2.15 bits per heavy atom. The number of ether oxygens (including phenoxy) is 1. The first-order valence-corrected chi connectivity index (χ1v) is 9.53. The van der Waals surface area contributed by atoms with Crippen molar-refractivity contribution < 1.29 is 9.53 Å². The lowest BCUT2D eigenvalue weighted by Crippen LogP contribution is -2.31. The molecule has 3 rings (SSSR count). The van der Waals surface area contributed by atoms with E-state index in [4.69, 9.17) is 4.74 Å². The van der Waals surface area contributed by atoms with Crippen LogP contribution in [0.25, 0.3) is 0 Å². The molecule has 0 radical (unpaired) electrons. The van der Waals surface area contributed by atoms with Crippen LogP contribution in [0.3, 0.4) is 0 Å². The summed E-state index contributed by atoms with van der Waals surface area (Å²) < 4.78 is 5.85. The molecule has 3 nitrogen and oxygen atoms in total. The number of amides is 1. The molecular weight excluding hydrogens is 334 g/mol. The van der Waals surface area contributed by atoms with E-state index in [2.05, 4.69) is 36.2 Å². The molecule has 1 saturated carbocycles. The predicted octanol–water partition coefficient (Wildman–Crippen LogP) is 4.33. The van der Waals surface area contributed by atoms with E-state index in [1.165, 1.54) is 18.4 Å². The summed E-state index contributed by atoms with van der Waals surface area (Å²) in [6.45, 7) is 6.61. The van der Waals surface area contributed by atoms with Gasteiger partial charge in [-0.25, -0.2) is 0 Å². The molecule has 1 aliphatic rings. The maximum Gasteiger partial charge on any atom is 0.217 e. The van der Waals surface area contributed by atoms with Gasteiger partial charge >= 0.3 is 0 Å². The van der Waals surface area contributed by atoms with Gasteiger partial charge in [-0.15, -0.1) is 0 Å². The van der Waals surface area contributed by atoms with Gasteiger partial charge in [-0.2, -0.15) is 0 Å². The molecule has 0 heterocycles. The monoisotopic (exact) mass is 361 g/mol. The van der Waals surface area contributed by atoms with Gasteiger partial charge in [-0.05, 0) is 68.1 Å². The Bertz CT molecular complexity index is 837. The molecule has 0 aromatic heterocycles. The number of hydrogen-bond donors (Lipinski definition) is 1. The highest BCUT2D eigenvalue weighted by atomic mass is 16.5. The lowest BCUT2D eigenvalue weighted by molar-refractivity contribution is -0.119. The van der Waals surface area contributed by atoms with Crippen molar-refractivity contribution in [2.45, 2.75) is 46.1 Å². The van der Waals surface area contributed by atoms with Gasteiger partial charge in [0.2, 0.25) is 5.91 Å². The Kier molecular flexibility index (Phi) is 5.86. The number of carbonyl (C=O) groups is 1. The molecule has 0 spiro atoms. The number of benzene rings is 2. The minimum atomic E-state index is 0.00291. The Morgan fingerprint density at radius 2 is 1.63 bits per heavy atom. The smallest absolute Gasteiger partial charge is 0.217 e. The van der Waals surface area contributed by atoms with Gasteiger partial charge < -0.3 is 10.1 Å². The Hall–Kier alpha value is -2.73. The fourth-order valence-corrected chi connectivity index (χ4v) is 2.87. The second-order valence-electron chi connectivity index (χ2n) is 7.88. The summed E-state index contributed by atoms with van der Waals surface area (Å²) in [5.74, 6) is 7.31. The van der Waals surface area contributed by atoms with Crippen molar-refractivity contribution >= 4 is 5.91 Å². The SMILES string of the molecule is CC(=O)NC(C)Cc1ccc(C#Cc2ccc(OCC3(C)CC3)cc2)cc1. The van der Waals surface area contributed by atoms with E-state index in [-0.39, 0.29) is 11.9 Å². The first-order valence-electron chi connectivity index (χ1n) is 9.53. The summed E-state index contributed by atoms with van der Waals surface area (Å²) in [6.07, 6.45) is 3.34. The number of carbonyl (C=O) groups excluding carboxylic acids is 1. The third-order valence-electron chi connectivity index (χ3n) is 4.84. The molecule has 2 aromatic carbocycles. The summed E-state index contributed by atoms with van der Waals surface area (Å²) in [5, 5.41) is 2.90. The average molecular weight is 361 g/mol. The highest BCUT2D eigenvalue weighted by Crippen LogP contribution is 2.45. The molecule has 1 unspecified atom stereocenters. The molecule has 1 amide bonds. The van der Waals surface area contributed by atoms with Crippen molar-refractivity contribution in [2.24, 2.45) is 5.41 Å².